The van der Waals surface area contributed by atoms with E-state index in [1.807, 2.05) is 0 Å². The molecule has 164 valence electrons. The molecular weight excluding hydrogens is 448 g/mol. The highest BCUT2D eigenvalue weighted by molar-refractivity contribution is 6.29. The van der Waals surface area contributed by atoms with Crippen LogP contribution in [0.25, 0.3) is 0 Å². The van der Waals surface area contributed by atoms with Gasteiger partial charge in [0.1, 0.15) is 5.15 Å². The molecule has 0 bridgehead atoms. The number of amides is 2. The van der Waals surface area contributed by atoms with Crippen molar-refractivity contribution >= 4 is 29.3 Å². The first-order valence-electron chi connectivity index (χ1n) is 7.77. The summed E-state index contributed by atoms with van der Waals surface area (Å²) < 4.78 is 82.8. The van der Waals surface area contributed by atoms with E-state index in [0.29, 0.717) is 6.07 Å². The second-order valence-corrected chi connectivity index (χ2v) is 5.89. The van der Waals surface area contributed by atoms with Crippen molar-refractivity contribution in [2.24, 2.45) is 0 Å². The van der Waals surface area contributed by atoms with Crippen molar-refractivity contribution in [3.05, 3.63) is 29.5 Å². The molecule has 0 saturated carbocycles. The molecule has 2 aromatic heterocycles. The number of alkyl halides is 6. The van der Waals surface area contributed by atoms with Crippen LogP contribution < -0.4 is 19.7 Å². The summed E-state index contributed by atoms with van der Waals surface area (Å²) >= 11 is 5.65. The van der Waals surface area contributed by atoms with E-state index in [2.05, 4.69) is 29.7 Å². The number of urea groups is 1. The highest BCUT2D eigenvalue weighted by Gasteiger charge is 2.30. The first-order valence-corrected chi connectivity index (χ1v) is 8.15. The van der Waals surface area contributed by atoms with Crippen LogP contribution in [0.3, 0.4) is 0 Å². The minimum atomic E-state index is -4.73. The van der Waals surface area contributed by atoms with Crippen molar-refractivity contribution < 1.29 is 40.6 Å². The molecular formula is C15H12ClF6N5O3. The summed E-state index contributed by atoms with van der Waals surface area (Å²) in [5, 5.41) is 2.28. The van der Waals surface area contributed by atoms with Gasteiger partial charge in [0.25, 0.3) is 0 Å². The maximum absolute atomic E-state index is 12.3. The van der Waals surface area contributed by atoms with Crippen LogP contribution in [0.4, 0.5) is 42.8 Å². The fourth-order valence-electron chi connectivity index (χ4n) is 1.78. The number of halogens is 7. The van der Waals surface area contributed by atoms with Crippen molar-refractivity contribution in [2.45, 2.75) is 12.4 Å². The molecule has 1 N–H and O–H groups in total. The van der Waals surface area contributed by atoms with Gasteiger partial charge in [-0.3, -0.25) is 10.2 Å². The topological polar surface area (TPSA) is 89.5 Å². The molecule has 0 aliphatic rings. The second kappa shape index (κ2) is 9.19. The number of ether oxygens (including phenoxy) is 2. The molecule has 0 aliphatic heterocycles. The minimum absolute atomic E-state index is 0.164. The van der Waals surface area contributed by atoms with Crippen LogP contribution in [0.5, 0.6) is 11.8 Å². The molecule has 0 aliphatic carbocycles. The van der Waals surface area contributed by atoms with Gasteiger partial charge >= 0.3 is 18.4 Å². The van der Waals surface area contributed by atoms with Gasteiger partial charge in [0.2, 0.25) is 17.7 Å². The maximum atomic E-state index is 12.3. The van der Waals surface area contributed by atoms with Gasteiger partial charge < -0.3 is 9.47 Å². The lowest BCUT2D eigenvalue weighted by Gasteiger charge is -2.18. The number of hydrogen-bond donors (Lipinski definition) is 1. The maximum Gasteiger partial charge on any atom is 0.422 e. The summed E-state index contributed by atoms with van der Waals surface area (Å²) in [6.45, 7) is -3.54. The van der Waals surface area contributed by atoms with Crippen molar-refractivity contribution in [2.75, 3.05) is 30.5 Å². The fraction of sp³-hybridized carbons (Fsp3) is 0.333. The molecule has 0 saturated heterocycles. The third kappa shape index (κ3) is 7.77. The molecule has 0 radical (unpaired) electrons. The van der Waals surface area contributed by atoms with Crippen molar-refractivity contribution in [3.63, 3.8) is 0 Å². The molecule has 8 nitrogen and oxygen atoms in total. The number of carbonyl (C=O) groups excluding carboxylic acids is 1. The van der Waals surface area contributed by atoms with Gasteiger partial charge in [0, 0.05) is 7.05 Å². The molecule has 0 atom stereocenters. The van der Waals surface area contributed by atoms with Crippen LogP contribution in [0.15, 0.2) is 24.4 Å². The van der Waals surface area contributed by atoms with E-state index in [4.69, 9.17) is 11.6 Å². The second-order valence-electron chi connectivity index (χ2n) is 5.50. The van der Waals surface area contributed by atoms with Crippen LogP contribution >= 0.6 is 11.6 Å². The van der Waals surface area contributed by atoms with Gasteiger partial charge in [-0.25, -0.2) is 9.78 Å². The zero-order chi connectivity index (χ0) is 22.5. The van der Waals surface area contributed by atoms with E-state index in [1.165, 1.54) is 25.4 Å². The molecule has 2 rings (SSSR count). The van der Waals surface area contributed by atoms with Gasteiger partial charge in [-0.15, -0.1) is 0 Å². The zero-order valence-corrected chi connectivity index (χ0v) is 15.6. The molecule has 30 heavy (non-hydrogen) atoms. The van der Waals surface area contributed by atoms with Gasteiger partial charge in [0.15, 0.2) is 13.2 Å². The number of nitrogens with one attached hydrogen (secondary N) is 1. The van der Waals surface area contributed by atoms with Crippen molar-refractivity contribution in [3.8, 4) is 11.8 Å². The zero-order valence-electron chi connectivity index (χ0n) is 14.9. The molecule has 15 heteroatoms. The highest BCUT2D eigenvalue weighted by Crippen LogP contribution is 2.24. The fourth-order valence-corrected chi connectivity index (χ4v) is 1.89. The van der Waals surface area contributed by atoms with Crippen molar-refractivity contribution in [1.29, 1.82) is 0 Å². The molecule has 2 heterocycles. The van der Waals surface area contributed by atoms with Crippen LogP contribution in [0.2, 0.25) is 5.15 Å². The Hall–Kier alpha value is -3.03. The lowest BCUT2D eigenvalue weighted by Crippen LogP contribution is -2.32. The van der Waals surface area contributed by atoms with Crippen LogP contribution in [0, 0.1) is 0 Å². The predicted molar refractivity (Wildman–Crippen MR) is 91.8 cm³/mol. The van der Waals surface area contributed by atoms with Gasteiger partial charge in [-0.2, -0.15) is 36.3 Å². The molecule has 0 unspecified atom stereocenters. The summed E-state index contributed by atoms with van der Waals surface area (Å²) in [6, 6.07) is 2.58. The quantitative estimate of drug-likeness (QED) is 0.517. The number of rotatable bonds is 6. The lowest BCUT2D eigenvalue weighted by atomic mass is 10.4. The summed E-state index contributed by atoms with van der Waals surface area (Å²) in [7, 11) is 1.31. The predicted octanol–water partition coefficient (Wildman–Crippen LogP) is 4.08. The molecule has 0 fully saturated rings. The van der Waals surface area contributed by atoms with Gasteiger partial charge in [-0.05, 0) is 12.1 Å². The Morgan fingerprint density at radius 3 is 2.03 bits per heavy atom. The first-order chi connectivity index (χ1) is 13.8. The summed E-state index contributed by atoms with van der Waals surface area (Å²) in [6.07, 6.45) is -8.21. The number of aromatic nitrogens is 3. The van der Waals surface area contributed by atoms with E-state index in [-0.39, 0.29) is 10.8 Å². The summed E-state index contributed by atoms with van der Waals surface area (Å²) in [5.41, 5.74) is 0.273. The third-order valence-electron chi connectivity index (χ3n) is 3.07. The Bertz CT molecular complexity index is 842. The molecule has 2 amide bonds. The Labute approximate surface area is 169 Å². The number of nitrogens with zero attached hydrogens (tertiary/aromatic N) is 4. The largest absolute Gasteiger partial charge is 0.468 e. The minimum Gasteiger partial charge on any atom is -0.468 e. The summed E-state index contributed by atoms with van der Waals surface area (Å²) in [5.74, 6) is -2.16. The van der Waals surface area contributed by atoms with Crippen LogP contribution in [-0.2, 0) is 0 Å². The van der Waals surface area contributed by atoms with E-state index >= 15 is 0 Å². The number of hydrogen-bond acceptors (Lipinski definition) is 6. The van der Waals surface area contributed by atoms with Gasteiger partial charge in [0.05, 0.1) is 18.0 Å². The normalized spacial score (nSPS) is 11.7. The van der Waals surface area contributed by atoms with Gasteiger partial charge in [-0.1, -0.05) is 11.6 Å². The van der Waals surface area contributed by atoms with Crippen molar-refractivity contribution in [1.82, 2.24) is 15.0 Å². The molecule has 0 aromatic carbocycles. The number of pyridine rings is 1. The average molecular weight is 460 g/mol. The Kier molecular flexibility index (Phi) is 7.12. The SMILES string of the molecule is CN(C(=O)Nc1nc(OCC(F)(F)F)cc(OCC(F)(F)F)n1)c1ccc(Cl)nc1. The number of carbonyl (C=O) groups is 1. The monoisotopic (exact) mass is 459 g/mol. The van der Waals surface area contributed by atoms with E-state index < -0.39 is 49.3 Å². The smallest absolute Gasteiger partial charge is 0.422 e. The van der Waals surface area contributed by atoms with E-state index in [9.17, 15) is 31.1 Å². The first kappa shape index (κ1) is 23.3. The average Bonchev–Trinajstić information content (AvgIpc) is 2.63. The lowest BCUT2D eigenvalue weighted by molar-refractivity contribution is -0.154. The third-order valence-corrected chi connectivity index (χ3v) is 3.29. The van der Waals surface area contributed by atoms with Crippen LogP contribution in [0.1, 0.15) is 0 Å². The summed E-state index contributed by atoms with van der Waals surface area (Å²) in [4.78, 5) is 24.1. The van der Waals surface area contributed by atoms with E-state index in [1.54, 1.807) is 0 Å². The van der Waals surface area contributed by atoms with Crippen LogP contribution in [-0.4, -0.2) is 53.6 Å². The molecule has 2 aromatic rings. The van der Waals surface area contributed by atoms with E-state index in [0.717, 1.165) is 4.90 Å². The molecule has 0 spiro atoms. The number of anilines is 2. The Morgan fingerprint density at radius 1 is 1.07 bits per heavy atom. The standard InChI is InChI=1S/C15H12ClF6N5O3/c1-27(8-2-3-9(16)23-5-8)13(28)26-12-24-10(29-6-14(17,18)19)4-11(25-12)30-7-15(20,21)22/h2-5H,6-7H2,1H3,(H,24,25,26,28). The Morgan fingerprint density at radius 2 is 1.60 bits per heavy atom. The highest BCUT2D eigenvalue weighted by atomic mass is 35.5. The Balaban J connectivity index is 2.20.